The molecule has 0 radical (unpaired) electrons. The quantitative estimate of drug-likeness (QED) is 0.218. The molecular weight excluding hydrogens is 531 g/mol. The standard InChI is InChI=1S/C38H23N3S/c1-3-11-24(12-4-1)25-19-20-29-32(23-25)41(26-13-5-2-6-14-26)35-28-16-8-7-15-27(28)33-30-17-9-18-31(38-39-21-10-22-40-38)36(30)42-37(33)34(29)35/h1-23H. The fraction of sp³-hybridized carbons (Fsp3) is 0. The van der Waals surface area contributed by atoms with Crippen LogP contribution in [0.4, 0.5) is 0 Å². The highest BCUT2D eigenvalue weighted by atomic mass is 32.1. The highest BCUT2D eigenvalue weighted by Crippen LogP contribution is 2.49. The summed E-state index contributed by atoms with van der Waals surface area (Å²) in [6, 6.07) is 45.6. The van der Waals surface area contributed by atoms with E-state index in [1.165, 1.54) is 63.9 Å². The normalized spacial score (nSPS) is 11.8. The van der Waals surface area contributed by atoms with Gasteiger partial charge in [-0.2, -0.15) is 0 Å². The van der Waals surface area contributed by atoms with Crippen molar-refractivity contribution in [2.45, 2.75) is 0 Å². The van der Waals surface area contributed by atoms with Crippen LogP contribution in [-0.2, 0) is 0 Å². The molecule has 42 heavy (non-hydrogen) atoms. The maximum absolute atomic E-state index is 4.62. The van der Waals surface area contributed by atoms with Crippen LogP contribution in [0.3, 0.4) is 0 Å². The van der Waals surface area contributed by atoms with E-state index in [0.717, 1.165) is 17.1 Å². The minimum Gasteiger partial charge on any atom is -0.309 e. The Morgan fingerprint density at radius 3 is 2.02 bits per heavy atom. The van der Waals surface area contributed by atoms with Gasteiger partial charge >= 0.3 is 0 Å². The van der Waals surface area contributed by atoms with Gasteiger partial charge in [-0.15, -0.1) is 11.3 Å². The lowest BCUT2D eigenvalue weighted by atomic mass is 9.98. The molecular formula is C38H23N3S. The third kappa shape index (κ3) is 3.33. The molecule has 0 bridgehead atoms. The summed E-state index contributed by atoms with van der Waals surface area (Å²) in [5.41, 5.74) is 7.11. The van der Waals surface area contributed by atoms with Gasteiger partial charge in [-0.05, 0) is 46.8 Å². The second-order valence-electron chi connectivity index (χ2n) is 10.6. The van der Waals surface area contributed by atoms with Crippen LogP contribution in [-0.4, -0.2) is 14.5 Å². The first-order valence-corrected chi connectivity index (χ1v) is 14.9. The van der Waals surface area contributed by atoms with E-state index in [1.54, 1.807) is 0 Å². The van der Waals surface area contributed by atoms with Crippen molar-refractivity contribution in [1.29, 1.82) is 0 Å². The highest BCUT2D eigenvalue weighted by Gasteiger charge is 2.23. The van der Waals surface area contributed by atoms with Crippen LogP contribution in [0.2, 0.25) is 0 Å². The van der Waals surface area contributed by atoms with Gasteiger partial charge in [0.15, 0.2) is 5.82 Å². The van der Waals surface area contributed by atoms with E-state index in [1.807, 2.05) is 29.8 Å². The van der Waals surface area contributed by atoms with E-state index in [-0.39, 0.29) is 0 Å². The number of hydrogen-bond donors (Lipinski definition) is 0. The van der Waals surface area contributed by atoms with Crippen molar-refractivity contribution in [1.82, 2.24) is 14.5 Å². The Hall–Kier alpha value is -5.32. The summed E-state index contributed by atoms with van der Waals surface area (Å²) in [5, 5.41) is 7.62. The Morgan fingerprint density at radius 1 is 0.500 bits per heavy atom. The monoisotopic (exact) mass is 553 g/mol. The molecule has 3 heterocycles. The summed E-state index contributed by atoms with van der Waals surface area (Å²) in [6.07, 6.45) is 3.64. The second-order valence-corrected chi connectivity index (χ2v) is 11.6. The molecule has 0 aliphatic carbocycles. The topological polar surface area (TPSA) is 30.7 Å². The zero-order valence-electron chi connectivity index (χ0n) is 22.5. The van der Waals surface area contributed by atoms with Crippen LogP contribution < -0.4 is 0 Å². The predicted molar refractivity (Wildman–Crippen MR) is 178 cm³/mol. The summed E-state index contributed by atoms with van der Waals surface area (Å²) in [4.78, 5) is 9.24. The van der Waals surface area contributed by atoms with Crippen LogP contribution in [0, 0.1) is 0 Å². The van der Waals surface area contributed by atoms with Crippen LogP contribution in [0.5, 0.6) is 0 Å². The van der Waals surface area contributed by atoms with Gasteiger partial charge < -0.3 is 4.57 Å². The summed E-state index contributed by atoms with van der Waals surface area (Å²) in [7, 11) is 0. The van der Waals surface area contributed by atoms with Crippen molar-refractivity contribution < 1.29 is 0 Å². The van der Waals surface area contributed by atoms with Gasteiger partial charge in [-0.3, -0.25) is 0 Å². The first-order valence-electron chi connectivity index (χ1n) is 14.1. The molecule has 0 aliphatic heterocycles. The average Bonchev–Trinajstić information content (AvgIpc) is 3.62. The van der Waals surface area contributed by atoms with Crippen LogP contribution in [0.15, 0.2) is 140 Å². The molecule has 0 saturated carbocycles. The zero-order valence-corrected chi connectivity index (χ0v) is 23.3. The van der Waals surface area contributed by atoms with Gasteiger partial charge in [-0.1, -0.05) is 97.1 Å². The molecule has 9 aromatic rings. The number of benzene rings is 6. The lowest BCUT2D eigenvalue weighted by molar-refractivity contribution is 1.18. The highest BCUT2D eigenvalue weighted by molar-refractivity contribution is 7.27. The number of para-hydroxylation sites is 1. The molecule has 196 valence electrons. The van der Waals surface area contributed by atoms with Crippen molar-refractivity contribution in [2.24, 2.45) is 0 Å². The minimum absolute atomic E-state index is 0.759. The molecule has 0 saturated heterocycles. The van der Waals surface area contributed by atoms with Crippen LogP contribution >= 0.6 is 11.3 Å². The van der Waals surface area contributed by atoms with Gasteiger partial charge in [0.05, 0.1) is 11.0 Å². The molecule has 0 atom stereocenters. The van der Waals surface area contributed by atoms with Crippen LogP contribution in [0.25, 0.3) is 81.0 Å². The van der Waals surface area contributed by atoms with Crippen molar-refractivity contribution in [3.8, 4) is 28.2 Å². The number of rotatable bonds is 3. The third-order valence-corrected chi connectivity index (χ3v) is 9.55. The number of aromatic nitrogens is 3. The molecule has 9 rings (SSSR count). The fourth-order valence-electron chi connectivity index (χ4n) is 6.51. The van der Waals surface area contributed by atoms with Crippen molar-refractivity contribution in [3.63, 3.8) is 0 Å². The largest absolute Gasteiger partial charge is 0.309 e. The first-order chi connectivity index (χ1) is 20.9. The van der Waals surface area contributed by atoms with Gasteiger partial charge in [0.2, 0.25) is 0 Å². The molecule has 0 aliphatic rings. The van der Waals surface area contributed by atoms with Gasteiger partial charge in [0, 0.05) is 60.0 Å². The Morgan fingerprint density at radius 2 is 1.21 bits per heavy atom. The maximum Gasteiger partial charge on any atom is 0.160 e. The van der Waals surface area contributed by atoms with E-state index in [2.05, 4.69) is 136 Å². The summed E-state index contributed by atoms with van der Waals surface area (Å²) in [6.45, 7) is 0. The molecule has 4 heteroatoms. The van der Waals surface area contributed by atoms with Gasteiger partial charge in [-0.25, -0.2) is 9.97 Å². The molecule has 0 spiro atoms. The van der Waals surface area contributed by atoms with E-state index in [9.17, 15) is 0 Å². The van der Waals surface area contributed by atoms with Crippen molar-refractivity contribution in [2.75, 3.05) is 0 Å². The molecule has 3 aromatic heterocycles. The molecule has 3 nitrogen and oxygen atoms in total. The smallest absolute Gasteiger partial charge is 0.160 e. The lowest BCUT2D eigenvalue weighted by Gasteiger charge is -2.11. The predicted octanol–water partition coefficient (Wildman–Crippen LogP) is 10.4. The number of nitrogens with zero attached hydrogens (tertiary/aromatic N) is 3. The lowest BCUT2D eigenvalue weighted by Crippen LogP contribution is -1.94. The Bertz CT molecular complexity index is 2440. The number of hydrogen-bond acceptors (Lipinski definition) is 3. The van der Waals surface area contributed by atoms with Crippen molar-refractivity contribution >= 4 is 64.1 Å². The molecule has 0 amide bonds. The maximum atomic E-state index is 4.62. The number of fused-ring (bicyclic) bond motifs is 10. The molecule has 6 aromatic carbocycles. The van der Waals surface area contributed by atoms with E-state index in [0.29, 0.717) is 0 Å². The van der Waals surface area contributed by atoms with E-state index >= 15 is 0 Å². The fourth-order valence-corrected chi connectivity index (χ4v) is 7.90. The summed E-state index contributed by atoms with van der Waals surface area (Å²) in [5.74, 6) is 0.759. The van der Waals surface area contributed by atoms with E-state index < -0.39 is 0 Å². The Balaban J connectivity index is 1.52. The number of thiophene rings is 1. The minimum atomic E-state index is 0.759. The van der Waals surface area contributed by atoms with Crippen LogP contribution in [0.1, 0.15) is 0 Å². The first kappa shape index (κ1) is 23.4. The SMILES string of the molecule is c1ccc(-c2ccc3c4c5sc6c(-c7ncccn7)cccc6c5c5ccccc5c4n(-c4ccccc4)c3c2)cc1. The van der Waals surface area contributed by atoms with E-state index in [4.69, 9.17) is 0 Å². The summed E-state index contributed by atoms with van der Waals surface area (Å²) >= 11 is 1.86. The Kier molecular flexibility index (Phi) is 5.07. The summed E-state index contributed by atoms with van der Waals surface area (Å²) < 4.78 is 4.98. The molecule has 0 fully saturated rings. The third-order valence-electron chi connectivity index (χ3n) is 8.29. The van der Waals surface area contributed by atoms with Gasteiger partial charge in [0.1, 0.15) is 0 Å². The van der Waals surface area contributed by atoms with Gasteiger partial charge in [0.25, 0.3) is 0 Å². The average molecular weight is 554 g/mol. The second kappa shape index (κ2) is 9.10. The van der Waals surface area contributed by atoms with Crippen molar-refractivity contribution in [3.05, 3.63) is 140 Å². The Labute approximate surface area is 246 Å². The molecule has 0 N–H and O–H groups in total. The molecule has 0 unspecified atom stereocenters. The zero-order chi connectivity index (χ0) is 27.6.